The molecule has 28 heavy (non-hydrogen) atoms. The molecule has 0 bridgehead atoms. The number of aliphatic hydroxyl groups excluding tert-OH is 2. The van der Waals surface area contributed by atoms with Crippen molar-refractivity contribution in [3.63, 3.8) is 0 Å². The molecule has 1 aliphatic heterocycles. The minimum absolute atomic E-state index is 0.0594. The molecule has 0 fully saturated rings. The standard InChI is InChI=1S/C18H17F2N5O3/c19-10-1-2-11(13(20)5-10)16(9-26)23-17(27)8-25-7-12-14(24-18(25)28)3-4-22-15(12)6-21/h1-5,16,18,24,26,28H,7-9H2,(H,23,27)/t16-,18?/m0/s1. The Morgan fingerprint density at radius 1 is 1.46 bits per heavy atom. The van der Waals surface area contributed by atoms with Gasteiger partial charge in [0, 0.05) is 35.6 Å². The Balaban J connectivity index is 1.71. The van der Waals surface area contributed by atoms with Crippen LogP contribution in [0.2, 0.25) is 0 Å². The average Bonchev–Trinajstić information content (AvgIpc) is 2.66. The number of nitrogens with one attached hydrogen (secondary N) is 2. The van der Waals surface area contributed by atoms with Crippen LogP contribution in [0.15, 0.2) is 30.5 Å². The number of pyridine rings is 1. The van der Waals surface area contributed by atoms with E-state index in [4.69, 9.17) is 5.26 Å². The molecular weight excluding hydrogens is 372 g/mol. The molecule has 0 saturated carbocycles. The van der Waals surface area contributed by atoms with Crippen LogP contribution in [-0.4, -0.2) is 45.5 Å². The Bertz CT molecular complexity index is 934. The van der Waals surface area contributed by atoms with E-state index in [2.05, 4.69) is 15.6 Å². The van der Waals surface area contributed by atoms with Crippen LogP contribution < -0.4 is 10.6 Å². The molecule has 1 amide bonds. The van der Waals surface area contributed by atoms with Crippen LogP contribution in [0.3, 0.4) is 0 Å². The lowest BCUT2D eigenvalue weighted by Crippen LogP contribution is -2.49. The third-order valence-electron chi connectivity index (χ3n) is 4.36. The molecule has 0 radical (unpaired) electrons. The van der Waals surface area contributed by atoms with Crippen LogP contribution >= 0.6 is 0 Å². The van der Waals surface area contributed by atoms with E-state index in [9.17, 15) is 23.8 Å². The zero-order valence-corrected chi connectivity index (χ0v) is 14.6. The van der Waals surface area contributed by atoms with Crippen molar-refractivity contribution in [2.24, 2.45) is 0 Å². The molecule has 2 atom stereocenters. The van der Waals surface area contributed by atoms with Gasteiger partial charge in [-0.3, -0.25) is 4.79 Å². The largest absolute Gasteiger partial charge is 0.394 e. The maximum Gasteiger partial charge on any atom is 0.234 e. The van der Waals surface area contributed by atoms with Crippen LogP contribution in [-0.2, 0) is 11.3 Å². The molecule has 4 N–H and O–H groups in total. The molecule has 10 heteroatoms. The molecule has 3 rings (SSSR count). The molecule has 2 aromatic rings. The highest BCUT2D eigenvalue weighted by Crippen LogP contribution is 2.26. The number of aliphatic hydroxyl groups is 2. The number of carbonyl (C=O) groups excluding carboxylic acids is 1. The number of aromatic nitrogens is 1. The van der Waals surface area contributed by atoms with Crippen molar-refractivity contribution >= 4 is 11.6 Å². The fourth-order valence-corrected chi connectivity index (χ4v) is 2.98. The Labute approximate surface area is 159 Å². The molecular formula is C18H17F2N5O3. The zero-order valence-electron chi connectivity index (χ0n) is 14.6. The maximum atomic E-state index is 13.9. The third-order valence-corrected chi connectivity index (χ3v) is 4.36. The number of benzene rings is 1. The summed E-state index contributed by atoms with van der Waals surface area (Å²) in [5.74, 6) is -2.26. The summed E-state index contributed by atoms with van der Waals surface area (Å²) in [6.45, 7) is -0.810. The van der Waals surface area contributed by atoms with Crippen molar-refractivity contribution in [1.29, 1.82) is 5.26 Å². The summed E-state index contributed by atoms with van der Waals surface area (Å²) in [6.07, 6.45) is 0.241. The number of nitriles is 1. The van der Waals surface area contributed by atoms with Crippen molar-refractivity contribution in [3.05, 3.63) is 58.9 Å². The number of halogens is 2. The van der Waals surface area contributed by atoms with E-state index >= 15 is 0 Å². The summed E-state index contributed by atoms with van der Waals surface area (Å²) >= 11 is 0. The Hall–Kier alpha value is -3.13. The predicted octanol–water partition coefficient (Wildman–Crippen LogP) is 0.585. The highest BCUT2D eigenvalue weighted by Gasteiger charge is 2.28. The Morgan fingerprint density at radius 2 is 2.25 bits per heavy atom. The third kappa shape index (κ3) is 4.07. The molecule has 8 nitrogen and oxygen atoms in total. The topological polar surface area (TPSA) is 122 Å². The molecule has 0 spiro atoms. The highest BCUT2D eigenvalue weighted by molar-refractivity contribution is 5.78. The molecule has 2 heterocycles. The smallest absolute Gasteiger partial charge is 0.234 e. The molecule has 1 aliphatic rings. The number of nitrogens with zero attached hydrogens (tertiary/aromatic N) is 3. The zero-order chi connectivity index (χ0) is 20.3. The van der Waals surface area contributed by atoms with E-state index in [0.717, 1.165) is 12.1 Å². The van der Waals surface area contributed by atoms with Crippen LogP contribution in [0.25, 0.3) is 0 Å². The number of hydrogen-bond acceptors (Lipinski definition) is 7. The second-order valence-electron chi connectivity index (χ2n) is 6.19. The van der Waals surface area contributed by atoms with Gasteiger partial charge < -0.3 is 20.8 Å². The Kier molecular flexibility index (Phi) is 5.79. The first-order valence-corrected chi connectivity index (χ1v) is 8.34. The first-order valence-electron chi connectivity index (χ1n) is 8.34. The minimum atomic E-state index is -1.19. The fraction of sp³-hybridized carbons (Fsp3) is 0.278. The van der Waals surface area contributed by atoms with Crippen molar-refractivity contribution in [2.75, 3.05) is 18.5 Å². The van der Waals surface area contributed by atoms with Crippen LogP contribution in [0.5, 0.6) is 0 Å². The summed E-state index contributed by atoms with van der Waals surface area (Å²) in [4.78, 5) is 17.7. The molecule has 0 aliphatic carbocycles. The molecule has 1 aromatic carbocycles. The van der Waals surface area contributed by atoms with Gasteiger partial charge in [0.05, 0.1) is 19.2 Å². The summed E-state index contributed by atoms with van der Waals surface area (Å²) in [5.41, 5.74) is 1.18. The lowest BCUT2D eigenvalue weighted by molar-refractivity contribution is -0.126. The second-order valence-corrected chi connectivity index (χ2v) is 6.19. The number of carbonyl (C=O) groups is 1. The van der Waals surface area contributed by atoms with Gasteiger partial charge in [-0.2, -0.15) is 5.26 Å². The van der Waals surface area contributed by atoms with Gasteiger partial charge in [-0.15, -0.1) is 0 Å². The molecule has 1 aromatic heterocycles. The van der Waals surface area contributed by atoms with E-state index < -0.39 is 36.5 Å². The molecule has 1 unspecified atom stereocenters. The first-order chi connectivity index (χ1) is 13.4. The quantitative estimate of drug-likeness (QED) is 0.590. The summed E-state index contributed by atoms with van der Waals surface area (Å²) in [6, 6.07) is 5.31. The van der Waals surface area contributed by atoms with Gasteiger partial charge in [0.1, 0.15) is 23.4 Å². The van der Waals surface area contributed by atoms with Gasteiger partial charge in [0.25, 0.3) is 0 Å². The lowest BCUT2D eigenvalue weighted by Gasteiger charge is -2.34. The minimum Gasteiger partial charge on any atom is -0.394 e. The van der Waals surface area contributed by atoms with Crippen LogP contribution in [0, 0.1) is 23.0 Å². The van der Waals surface area contributed by atoms with Gasteiger partial charge >= 0.3 is 0 Å². The number of fused-ring (bicyclic) bond motifs is 1. The van der Waals surface area contributed by atoms with Gasteiger partial charge in [-0.25, -0.2) is 18.7 Å². The predicted molar refractivity (Wildman–Crippen MR) is 93.3 cm³/mol. The van der Waals surface area contributed by atoms with Gasteiger partial charge in [-0.05, 0) is 12.1 Å². The van der Waals surface area contributed by atoms with E-state index in [1.807, 2.05) is 6.07 Å². The number of hydrogen-bond donors (Lipinski definition) is 4. The molecule has 0 saturated heterocycles. The number of rotatable bonds is 5. The fourth-order valence-electron chi connectivity index (χ4n) is 2.98. The van der Waals surface area contributed by atoms with Crippen LogP contribution in [0.1, 0.15) is 22.9 Å². The lowest BCUT2D eigenvalue weighted by atomic mass is 10.1. The van der Waals surface area contributed by atoms with Crippen molar-refractivity contribution in [3.8, 4) is 6.07 Å². The monoisotopic (exact) mass is 389 g/mol. The number of anilines is 1. The second kappa shape index (κ2) is 8.26. The van der Waals surface area contributed by atoms with E-state index in [1.54, 1.807) is 6.07 Å². The van der Waals surface area contributed by atoms with Crippen molar-refractivity contribution in [2.45, 2.75) is 18.9 Å². The van der Waals surface area contributed by atoms with E-state index in [-0.39, 0.29) is 24.3 Å². The molecule has 146 valence electrons. The average molecular weight is 389 g/mol. The van der Waals surface area contributed by atoms with Gasteiger partial charge in [-0.1, -0.05) is 6.07 Å². The van der Waals surface area contributed by atoms with Gasteiger partial charge in [0.2, 0.25) is 5.91 Å². The van der Waals surface area contributed by atoms with E-state index in [0.29, 0.717) is 17.3 Å². The Morgan fingerprint density at radius 3 is 2.93 bits per heavy atom. The highest BCUT2D eigenvalue weighted by atomic mass is 19.1. The number of amides is 1. The first kappa shape index (κ1) is 19.6. The SMILES string of the molecule is N#Cc1nccc2c1CN(CC(=O)N[C@@H](CO)c1ccc(F)cc1F)C(O)N2. The maximum absolute atomic E-state index is 13.9. The normalized spacial score (nSPS) is 17.2. The van der Waals surface area contributed by atoms with Crippen LogP contribution in [0.4, 0.5) is 14.5 Å². The van der Waals surface area contributed by atoms with Gasteiger partial charge in [0.15, 0.2) is 6.35 Å². The van der Waals surface area contributed by atoms with Crippen molar-refractivity contribution in [1.82, 2.24) is 15.2 Å². The van der Waals surface area contributed by atoms with E-state index in [1.165, 1.54) is 11.1 Å². The summed E-state index contributed by atoms with van der Waals surface area (Å²) in [7, 11) is 0. The summed E-state index contributed by atoms with van der Waals surface area (Å²) < 4.78 is 27.0. The summed E-state index contributed by atoms with van der Waals surface area (Å²) in [5, 5.41) is 34.0. The van der Waals surface area contributed by atoms with Crippen molar-refractivity contribution < 1.29 is 23.8 Å².